The fourth-order valence-electron chi connectivity index (χ4n) is 2.62. The molecule has 0 aromatic carbocycles. The summed E-state index contributed by atoms with van der Waals surface area (Å²) in [6.07, 6.45) is 0.0945. The van der Waals surface area contributed by atoms with E-state index in [4.69, 9.17) is 9.84 Å². The maximum atomic E-state index is 12.5. The van der Waals surface area contributed by atoms with Gasteiger partial charge in [-0.2, -0.15) is 17.0 Å². The van der Waals surface area contributed by atoms with Crippen molar-refractivity contribution >= 4 is 16.2 Å². The molecule has 2 heterocycles. The van der Waals surface area contributed by atoms with Crippen molar-refractivity contribution in [3.05, 3.63) is 0 Å². The first-order valence-electron chi connectivity index (χ1n) is 6.44. The molecule has 1 N–H and O–H groups in total. The molecule has 19 heavy (non-hydrogen) atoms. The lowest BCUT2D eigenvalue weighted by Gasteiger charge is -2.36. The molecule has 0 aromatic rings. The van der Waals surface area contributed by atoms with Gasteiger partial charge in [-0.25, -0.2) is 0 Å². The molecule has 0 saturated carbocycles. The van der Waals surface area contributed by atoms with Crippen molar-refractivity contribution in [3.63, 3.8) is 0 Å². The molecule has 0 spiro atoms. The van der Waals surface area contributed by atoms with Crippen LogP contribution in [0.4, 0.5) is 0 Å². The van der Waals surface area contributed by atoms with Crippen molar-refractivity contribution in [1.82, 2.24) is 8.61 Å². The van der Waals surface area contributed by atoms with Gasteiger partial charge in [0.1, 0.15) is 0 Å². The minimum Gasteiger partial charge on any atom is -0.481 e. The van der Waals surface area contributed by atoms with Gasteiger partial charge in [-0.1, -0.05) is 0 Å². The van der Waals surface area contributed by atoms with E-state index >= 15 is 0 Å². The van der Waals surface area contributed by atoms with E-state index in [1.807, 2.05) is 13.8 Å². The Balaban J connectivity index is 2.08. The van der Waals surface area contributed by atoms with Crippen molar-refractivity contribution in [3.8, 4) is 0 Å². The fraction of sp³-hybridized carbons (Fsp3) is 0.909. The lowest BCUT2D eigenvalue weighted by atomic mass is 10.1. The number of morpholine rings is 1. The molecule has 0 amide bonds. The molecule has 3 unspecified atom stereocenters. The molecule has 2 aliphatic rings. The van der Waals surface area contributed by atoms with E-state index in [9.17, 15) is 13.2 Å². The normalized spacial score (nSPS) is 34.5. The van der Waals surface area contributed by atoms with Gasteiger partial charge < -0.3 is 9.84 Å². The topological polar surface area (TPSA) is 87.2 Å². The average Bonchev–Trinajstić information content (AvgIpc) is 2.77. The number of ether oxygens (including phenoxy) is 1. The molecule has 2 saturated heterocycles. The van der Waals surface area contributed by atoms with Gasteiger partial charge in [-0.05, 0) is 20.3 Å². The number of carboxylic acids is 1. The molecule has 110 valence electrons. The van der Waals surface area contributed by atoms with E-state index in [1.54, 1.807) is 0 Å². The number of nitrogens with zero attached hydrogens (tertiary/aromatic N) is 2. The van der Waals surface area contributed by atoms with Crippen LogP contribution < -0.4 is 0 Å². The number of hydrogen-bond acceptors (Lipinski definition) is 4. The van der Waals surface area contributed by atoms with Crippen LogP contribution in [0, 0.1) is 5.92 Å². The predicted molar refractivity (Wildman–Crippen MR) is 67.8 cm³/mol. The maximum Gasteiger partial charge on any atom is 0.307 e. The third-order valence-electron chi connectivity index (χ3n) is 3.54. The van der Waals surface area contributed by atoms with E-state index < -0.39 is 22.1 Å². The summed E-state index contributed by atoms with van der Waals surface area (Å²) in [6, 6.07) is 0. The smallest absolute Gasteiger partial charge is 0.307 e. The number of aliphatic carboxylic acids is 1. The number of hydrogen-bond donors (Lipinski definition) is 1. The van der Waals surface area contributed by atoms with Crippen LogP contribution in [0.5, 0.6) is 0 Å². The zero-order valence-electron chi connectivity index (χ0n) is 11.2. The first kappa shape index (κ1) is 14.7. The molecular formula is C11H20N2O5S. The van der Waals surface area contributed by atoms with Crippen LogP contribution in [0.1, 0.15) is 20.3 Å². The van der Waals surface area contributed by atoms with E-state index in [0.29, 0.717) is 19.5 Å². The highest BCUT2D eigenvalue weighted by molar-refractivity contribution is 7.86. The predicted octanol–water partition coefficient (Wildman–Crippen LogP) is -0.253. The summed E-state index contributed by atoms with van der Waals surface area (Å²) in [6.45, 7) is 4.66. The lowest BCUT2D eigenvalue weighted by molar-refractivity contribution is -0.141. The third-order valence-corrected chi connectivity index (χ3v) is 5.47. The molecule has 0 aromatic heterocycles. The zero-order valence-corrected chi connectivity index (χ0v) is 12.0. The van der Waals surface area contributed by atoms with Crippen LogP contribution in [-0.4, -0.2) is 66.5 Å². The van der Waals surface area contributed by atoms with Gasteiger partial charge in [0, 0.05) is 26.2 Å². The Morgan fingerprint density at radius 1 is 1.16 bits per heavy atom. The monoisotopic (exact) mass is 292 g/mol. The summed E-state index contributed by atoms with van der Waals surface area (Å²) >= 11 is 0. The summed E-state index contributed by atoms with van der Waals surface area (Å²) in [5.74, 6) is -1.52. The minimum atomic E-state index is -3.57. The van der Waals surface area contributed by atoms with Gasteiger partial charge in [0.25, 0.3) is 10.2 Å². The quantitative estimate of drug-likeness (QED) is 0.775. The van der Waals surface area contributed by atoms with Gasteiger partial charge in [-0.15, -0.1) is 0 Å². The van der Waals surface area contributed by atoms with Crippen LogP contribution in [0.2, 0.25) is 0 Å². The summed E-state index contributed by atoms with van der Waals surface area (Å²) in [5.41, 5.74) is 0. The van der Waals surface area contributed by atoms with Crippen LogP contribution >= 0.6 is 0 Å². The molecular weight excluding hydrogens is 272 g/mol. The molecule has 2 rings (SSSR count). The Bertz CT molecular complexity index is 442. The van der Waals surface area contributed by atoms with Crippen LogP contribution in [0.25, 0.3) is 0 Å². The van der Waals surface area contributed by atoms with Crippen LogP contribution in [0.3, 0.4) is 0 Å². The second-order valence-corrected chi connectivity index (χ2v) is 7.19. The molecule has 2 aliphatic heterocycles. The lowest BCUT2D eigenvalue weighted by Crippen LogP contribution is -2.52. The van der Waals surface area contributed by atoms with Gasteiger partial charge >= 0.3 is 5.97 Å². The number of carbonyl (C=O) groups is 1. The molecule has 7 nitrogen and oxygen atoms in total. The molecule has 2 fully saturated rings. The number of rotatable bonds is 3. The summed E-state index contributed by atoms with van der Waals surface area (Å²) in [5, 5.41) is 8.94. The standard InChI is InChI=1S/C11H20N2O5S/c1-8-5-13(6-9(2)18-8)19(16,17)12-4-3-10(7-12)11(14)15/h8-10H,3-7H2,1-2H3,(H,14,15). The average molecular weight is 292 g/mol. The van der Waals surface area contributed by atoms with E-state index in [0.717, 1.165) is 0 Å². The molecule has 3 atom stereocenters. The summed E-state index contributed by atoms with van der Waals surface area (Å²) < 4.78 is 33.1. The molecule has 0 bridgehead atoms. The van der Waals surface area contributed by atoms with Crippen molar-refractivity contribution in [2.45, 2.75) is 32.5 Å². The van der Waals surface area contributed by atoms with E-state index in [1.165, 1.54) is 8.61 Å². The van der Waals surface area contributed by atoms with Gasteiger partial charge in [-0.3, -0.25) is 4.79 Å². The third kappa shape index (κ3) is 3.07. The Morgan fingerprint density at radius 2 is 1.74 bits per heavy atom. The number of carboxylic acid groups (broad SMARTS) is 1. The van der Waals surface area contributed by atoms with E-state index in [2.05, 4.69) is 0 Å². The Labute approximate surface area is 113 Å². The second-order valence-electron chi connectivity index (χ2n) is 5.26. The van der Waals surface area contributed by atoms with Crippen molar-refractivity contribution < 1.29 is 23.1 Å². The largest absolute Gasteiger partial charge is 0.481 e. The highest BCUT2D eigenvalue weighted by Crippen LogP contribution is 2.24. The van der Waals surface area contributed by atoms with Crippen molar-refractivity contribution in [2.75, 3.05) is 26.2 Å². The minimum absolute atomic E-state index is 0.0672. The Kier molecular flexibility index (Phi) is 4.14. The SMILES string of the molecule is CC1CN(S(=O)(=O)N2CCC(C(=O)O)C2)CC(C)O1. The molecule has 8 heteroatoms. The summed E-state index contributed by atoms with van der Waals surface area (Å²) in [4.78, 5) is 10.9. The maximum absolute atomic E-state index is 12.5. The zero-order chi connectivity index (χ0) is 14.2. The Morgan fingerprint density at radius 3 is 2.21 bits per heavy atom. The van der Waals surface area contributed by atoms with Crippen LogP contribution in [0.15, 0.2) is 0 Å². The van der Waals surface area contributed by atoms with Crippen molar-refractivity contribution in [1.29, 1.82) is 0 Å². The van der Waals surface area contributed by atoms with Gasteiger partial charge in [0.05, 0.1) is 18.1 Å². The second kappa shape index (κ2) is 5.35. The fourth-order valence-corrected chi connectivity index (χ4v) is 4.45. The highest BCUT2D eigenvalue weighted by atomic mass is 32.2. The van der Waals surface area contributed by atoms with Gasteiger partial charge in [0.2, 0.25) is 0 Å². The molecule has 0 radical (unpaired) electrons. The highest BCUT2D eigenvalue weighted by Gasteiger charge is 2.40. The first-order chi connectivity index (χ1) is 8.80. The van der Waals surface area contributed by atoms with E-state index in [-0.39, 0.29) is 25.3 Å². The Hall–Kier alpha value is -0.700. The molecule has 0 aliphatic carbocycles. The summed E-state index contributed by atoms with van der Waals surface area (Å²) in [7, 11) is -3.57. The van der Waals surface area contributed by atoms with Crippen LogP contribution in [-0.2, 0) is 19.7 Å². The van der Waals surface area contributed by atoms with Gasteiger partial charge in [0.15, 0.2) is 0 Å². The van der Waals surface area contributed by atoms with Crippen molar-refractivity contribution in [2.24, 2.45) is 5.92 Å². The first-order valence-corrected chi connectivity index (χ1v) is 7.84.